The van der Waals surface area contributed by atoms with Crippen molar-refractivity contribution in [2.24, 2.45) is 11.3 Å². The molecule has 2 amide bonds. The van der Waals surface area contributed by atoms with Crippen LogP contribution in [0.4, 0.5) is 0 Å². The molecule has 0 radical (unpaired) electrons. The van der Waals surface area contributed by atoms with Crippen molar-refractivity contribution < 1.29 is 33.6 Å². The van der Waals surface area contributed by atoms with Crippen molar-refractivity contribution in [3.05, 3.63) is 12.2 Å². The normalized spacial score (nSPS) is 21.2. The Morgan fingerprint density at radius 2 is 1.56 bits per heavy atom. The second-order valence-electron chi connectivity index (χ2n) is 9.20. The number of aliphatic hydroxyl groups excluding tert-OH is 1. The highest BCUT2D eigenvalue weighted by Gasteiger charge is 2.33. The van der Waals surface area contributed by atoms with Gasteiger partial charge in [-0.05, 0) is 23.8 Å². The number of nitrogens with zero attached hydrogens (tertiary/aromatic N) is 2. The molecule has 184 valence electrons. The van der Waals surface area contributed by atoms with E-state index < -0.39 is 6.23 Å². The molecule has 1 N–H and O–H groups in total. The minimum absolute atomic E-state index is 0.174. The lowest BCUT2D eigenvalue weighted by molar-refractivity contribution is -0.132. The Labute approximate surface area is 191 Å². The van der Waals surface area contributed by atoms with E-state index in [0.29, 0.717) is 71.7 Å². The van der Waals surface area contributed by atoms with E-state index in [4.69, 9.17) is 18.9 Å². The van der Waals surface area contributed by atoms with Crippen molar-refractivity contribution >= 4 is 11.8 Å². The summed E-state index contributed by atoms with van der Waals surface area (Å²) >= 11 is 0. The number of rotatable bonds is 15. The highest BCUT2D eigenvalue weighted by Crippen LogP contribution is 2.33. The van der Waals surface area contributed by atoms with Gasteiger partial charge in [-0.15, -0.1) is 0 Å². The highest BCUT2D eigenvalue weighted by atomic mass is 16.6. The van der Waals surface area contributed by atoms with Gasteiger partial charge in [0.1, 0.15) is 6.23 Å². The van der Waals surface area contributed by atoms with Crippen molar-refractivity contribution in [1.29, 1.82) is 0 Å². The van der Waals surface area contributed by atoms with E-state index in [2.05, 4.69) is 20.8 Å². The van der Waals surface area contributed by atoms with Crippen LogP contribution in [0.3, 0.4) is 0 Å². The summed E-state index contributed by atoms with van der Waals surface area (Å²) < 4.78 is 21.8. The van der Waals surface area contributed by atoms with Crippen LogP contribution in [-0.4, -0.2) is 105 Å². The molecule has 0 spiro atoms. The van der Waals surface area contributed by atoms with Crippen molar-refractivity contribution in [2.45, 2.75) is 39.8 Å². The third-order valence-electron chi connectivity index (χ3n) is 5.83. The Kier molecular flexibility index (Phi) is 11.6. The van der Waals surface area contributed by atoms with Crippen LogP contribution in [0, 0.1) is 11.3 Å². The molecule has 2 heterocycles. The molecular formula is C23H40N2O7. The first-order chi connectivity index (χ1) is 15.3. The Balaban J connectivity index is 1.32. The molecule has 2 atom stereocenters. The Hall–Kier alpha value is -1.52. The van der Waals surface area contributed by atoms with Crippen molar-refractivity contribution in [2.75, 3.05) is 72.5 Å². The largest absolute Gasteiger partial charge is 0.379 e. The lowest BCUT2D eigenvalue weighted by Crippen LogP contribution is -2.36. The number of likely N-dealkylation sites (tertiary alicyclic amines) is 1. The Bertz CT molecular complexity index is 606. The van der Waals surface area contributed by atoms with Gasteiger partial charge in [0.15, 0.2) is 0 Å². The molecule has 2 aliphatic heterocycles. The van der Waals surface area contributed by atoms with E-state index in [0.717, 1.165) is 19.5 Å². The standard InChI is InChI=1S/C23H40N2O7/c1-23(2,3)19-6-8-24(18-19)20(26)7-10-29-12-14-31-16-17-32-15-13-30-11-9-25-21(27)4-5-22(25)28/h4-5,19,21,27H,6-18H2,1-3H3/t19-,21?/m1/s1. The Morgan fingerprint density at radius 3 is 2.06 bits per heavy atom. The van der Waals surface area contributed by atoms with Crippen LogP contribution >= 0.6 is 0 Å². The van der Waals surface area contributed by atoms with Crippen LogP contribution in [-0.2, 0) is 28.5 Å². The second-order valence-corrected chi connectivity index (χ2v) is 9.20. The molecule has 1 saturated heterocycles. The molecule has 2 aliphatic rings. The van der Waals surface area contributed by atoms with Gasteiger partial charge in [0.05, 0.1) is 59.3 Å². The number of ether oxygens (including phenoxy) is 4. The van der Waals surface area contributed by atoms with Gasteiger partial charge in [-0.1, -0.05) is 20.8 Å². The molecule has 0 aromatic heterocycles. The van der Waals surface area contributed by atoms with E-state index in [1.54, 1.807) is 0 Å². The summed E-state index contributed by atoms with van der Waals surface area (Å²) in [7, 11) is 0. The minimum atomic E-state index is -0.852. The van der Waals surface area contributed by atoms with Crippen molar-refractivity contribution in [3.63, 3.8) is 0 Å². The quantitative estimate of drug-likeness (QED) is 0.368. The SMILES string of the molecule is CC(C)(C)[C@@H]1CCN(C(=O)CCOCCOCCOCCOCCN2C(=O)C=CC2O)C1. The fourth-order valence-electron chi connectivity index (χ4n) is 3.68. The summed E-state index contributed by atoms with van der Waals surface area (Å²) in [5.41, 5.74) is 0.247. The number of hydrogen-bond donors (Lipinski definition) is 1. The molecule has 0 saturated carbocycles. The summed E-state index contributed by atoms with van der Waals surface area (Å²) in [5.74, 6) is 0.542. The van der Waals surface area contributed by atoms with E-state index in [-0.39, 0.29) is 17.2 Å². The first kappa shape index (κ1) is 26.7. The van der Waals surface area contributed by atoms with Crippen LogP contribution in [0.5, 0.6) is 0 Å². The summed E-state index contributed by atoms with van der Waals surface area (Å²) in [5, 5.41) is 9.55. The highest BCUT2D eigenvalue weighted by molar-refractivity contribution is 5.90. The van der Waals surface area contributed by atoms with Crippen molar-refractivity contribution in [1.82, 2.24) is 9.80 Å². The predicted octanol–water partition coefficient (Wildman–Crippen LogP) is 1.05. The lowest BCUT2D eigenvalue weighted by Gasteiger charge is -2.27. The topological polar surface area (TPSA) is 97.8 Å². The molecule has 9 nitrogen and oxygen atoms in total. The fraction of sp³-hybridized carbons (Fsp3) is 0.826. The predicted molar refractivity (Wildman–Crippen MR) is 119 cm³/mol. The van der Waals surface area contributed by atoms with Crippen LogP contribution in [0.1, 0.15) is 33.6 Å². The summed E-state index contributed by atoms with van der Waals surface area (Å²) in [6.45, 7) is 12.2. The lowest BCUT2D eigenvalue weighted by atomic mass is 9.80. The monoisotopic (exact) mass is 456 g/mol. The van der Waals surface area contributed by atoms with E-state index >= 15 is 0 Å². The number of carbonyl (C=O) groups is 2. The first-order valence-corrected chi connectivity index (χ1v) is 11.5. The molecule has 0 aliphatic carbocycles. The van der Waals surface area contributed by atoms with Gasteiger partial charge in [-0.2, -0.15) is 0 Å². The maximum absolute atomic E-state index is 12.3. The average molecular weight is 457 g/mol. The minimum Gasteiger partial charge on any atom is -0.379 e. The summed E-state index contributed by atoms with van der Waals surface area (Å²) in [6.07, 6.45) is 3.46. The maximum Gasteiger partial charge on any atom is 0.248 e. The fourth-order valence-corrected chi connectivity index (χ4v) is 3.68. The van der Waals surface area contributed by atoms with Gasteiger partial charge in [-0.25, -0.2) is 0 Å². The molecule has 0 aromatic rings. The third-order valence-corrected chi connectivity index (χ3v) is 5.83. The average Bonchev–Trinajstić information content (AvgIpc) is 3.36. The zero-order valence-electron chi connectivity index (χ0n) is 19.8. The van der Waals surface area contributed by atoms with Crippen LogP contribution in [0.25, 0.3) is 0 Å². The van der Waals surface area contributed by atoms with Gasteiger partial charge >= 0.3 is 0 Å². The van der Waals surface area contributed by atoms with Crippen LogP contribution in [0.15, 0.2) is 12.2 Å². The van der Waals surface area contributed by atoms with Gasteiger partial charge in [0, 0.05) is 25.7 Å². The van der Waals surface area contributed by atoms with E-state index in [1.165, 1.54) is 17.1 Å². The van der Waals surface area contributed by atoms with Crippen LogP contribution in [0.2, 0.25) is 0 Å². The number of carbonyl (C=O) groups excluding carboxylic acids is 2. The van der Waals surface area contributed by atoms with Gasteiger partial charge in [0.2, 0.25) is 11.8 Å². The molecule has 0 bridgehead atoms. The summed E-state index contributed by atoms with van der Waals surface area (Å²) in [4.78, 5) is 27.0. The number of aliphatic hydroxyl groups is 1. The molecule has 0 aromatic carbocycles. The molecular weight excluding hydrogens is 416 g/mol. The molecule has 1 fully saturated rings. The van der Waals surface area contributed by atoms with Gasteiger partial charge in [-0.3, -0.25) is 9.59 Å². The Morgan fingerprint density at radius 1 is 1.00 bits per heavy atom. The number of hydrogen-bond acceptors (Lipinski definition) is 7. The van der Waals surface area contributed by atoms with Crippen molar-refractivity contribution in [3.8, 4) is 0 Å². The summed E-state index contributed by atoms with van der Waals surface area (Å²) in [6, 6.07) is 0. The second kappa shape index (κ2) is 13.9. The molecule has 2 rings (SSSR count). The van der Waals surface area contributed by atoms with E-state index in [9.17, 15) is 14.7 Å². The smallest absolute Gasteiger partial charge is 0.248 e. The molecule has 1 unspecified atom stereocenters. The van der Waals surface area contributed by atoms with Gasteiger partial charge < -0.3 is 33.9 Å². The van der Waals surface area contributed by atoms with Crippen LogP contribution < -0.4 is 0 Å². The third kappa shape index (κ3) is 9.54. The van der Waals surface area contributed by atoms with E-state index in [1.807, 2.05) is 4.90 Å². The zero-order chi connectivity index (χ0) is 23.4. The molecule has 32 heavy (non-hydrogen) atoms. The first-order valence-electron chi connectivity index (χ1n) is 11.5. The maximum atomic E-state index is 12.3. The number of amides is 2. The van der Waals surface area contributed by atoms with Gasteiger partial charge in [0.25, 0.3) is 0 Å². The zero-order valence-corrected chi connectivity index (χ0v) is 19.8. The molecule has 9 heteroatoms.